The fourth-order valence-corrected chi connectivity index (χ4v) is 2.04. The lowest BCUT2D eigenvalue weighted by molar-refractivity contribution is 0.277. The van der Waals surface area contributed by atoms with E-state index in [1.165, 1.54) is 22.9 Å². The number of benzene rings is 1. The van der Waals surface area contributed by atoms with E-state index in [2.05, 4.69) is 5.10 Å². The Kier molecular flexibility index (Phi) is 3.32. The van der Waals surface area contributed by atoms with Gasteiger partial charge in [0.2, 0.25) is 0 Å². The van der Waals surface area contributed by atoms with E-state index < -0.39 is 5.82 Å². The molecule has 0 saturated carbocycles. The minimum absolute atomic E-state index is 0.310. The second-order valence-corrected chi connectivity index (χ2v) is 5.49. The molecule has 0 aliphatic heterocycles. The first-order chi connectivity index (χ1) is 8.84. The summed E-state index contributed by atoms with van der Waals surface area (Å²) in [4.78, 5) is 12.2. The van der Waals surface area contributed by atoms with Crippen molar-refractivity contribution >= 4 is 0 Å². The molecule has 0 unspecified atom stereocenters. The molecule has 2 rings (SSSR count). The van der Waals surface area contributed by atoms with Crippen LogP contribution in [0.4, 0.5) is 4.39 Å². The van der Waals surface area contributed by atoms with E-state index in [1.54, 1.807) is 6.07 Å². The Morgan fingerprint density at radius 2 is 2.05 bits per heavy atom. The molecule has 0 fully saturated rings. The number of aliphatic hydroxyl groups excluding tert-OH is 1. The first-order valence-corrected chi connectivity index (χ1v) is 6.06. The van der Waals surface area contributed by atoms with Gasteiger partial charge < -0.3 is 5.11 Å². The minimum atomic E-state index is -0.415. The highest BCUT2D eigenvalue weighted by molar-refractivity contribution is 5.34. The number of nitrogens with one attached hydrogen (secondary N) is 1. The Hall–Kier alpha value is -1.88. The van der Waals surface area contributed by atoms with Crippen molar-refractivity contribution in [2.45, 2.75) is 32.8 Å². The van der Waals surface area contributed by atoms with E-state index in [0.29, 0.717) is 16.9 Å². The molecule has 0 aliphatic rings. The first-order valence-electron chi connectivity index (χ1n) is 6.06. The molecule has 0 radical (unpaired) electrons. The summed E-state index contributed by atoms with van der Waals surface area (Å²) in [5, 5.41) is 12.3. The predicted molar refractivity (Wildman–Crippen MR) is 71.0 cm³/mol. The molecule has 1 aromatic heterocycles. The van der Waals surface area contributed by atoms with Crippen molar-refractivity contribution in [1.82, 2.24) is 9.78 Å². The van der Waals surface area contributed by atoms with Crippen molar-refractivity contribution in [1.29, 1.82) is 0 Å². The molecule has 1 aromatic carbocycles. The molecular weight excluding hydrogens is 247 g/mol. The lowest BCUT2D eigenvalue weighted by Crippen LogP contribution is -2.18. The van der Waals surface area contributed by atoms with Gasteiger partial charge in [-0.15, -0.1) is 0 Å². The van der Waals surface area contributed by atoms with Gasteiger partial charge in [0, 0.05) is 11.1 Å². The Morgan fingerprint density at radius 1 is 1.37 bits per heavy atom. The maximum absolute atomic E-state index is 13.2. The molecule has 0 spiro atoms. The van der Waals surface area contributed by atoms with E-state index in [-0.39, 0.29) is 17.6 Å². The van der Waals surface area contributed by atoms with E-state index in [0.717, 1.165) is 0 Å². The third-order valence-corrected chi connectivity index (χ3v) is 2.96. The molecule has 2 aromatic rings. The van der Waals surface area contributed by atoms with Crippen LogP contribution in [0.5, 0.6) is 0 Å². The molecule has 5 heteroatoms. The molecule has 2 N–H and O–H groups in total. The van der Waals surface area contributed by atoms with Crippen molar-refractivity contribution < 1.29 is 9.50 Å². The number of hydrogen-bond donors (Lipinski definition) is 2. The third kappa shape index (κ3) is 2.46. The van der Waals surface area contributed by atoms with Gasteiger partial charge in [0.05, 0.1) is 17.9 Å². The van der Waals surface area contributed by atoms with Crippen LogP contribution in [-0.2, 0) is 12.0 Å². The number of halogens is 1. The third-order valence-electron chi connectivity index (χ3n) is 2.96. The fraction of sp³-hybridized carbons (Fsp3) is 0.357. The summed E-state index contributed by atoms with van der Waals surface area (Å²) in [6.45, 7) is 5.47. The van der Waals surface area contributed by atoms with E-state index in [4.69, 9.17) is 0 Å². The van der Waals surface area contributed by atoms with Gasteiger partial charge in [0.25, 0.3) is 5.56 Å². The van der Waals surface area contributed by atoms with Gasteiger partial charge in [-0.05, 0) is 18.2 Å². The number of rotatable bonds is 2. The highest BCUT2D eigenvalue weighted by atomic mass is 19.1. The van der Waals surface area contributed by atoms with Crippen molar-refractivity contribution in [2.24, 2.45) is 0 Å². The number of aliphatic hydroxyl groups is 1. The van der Waals surface area contributed by atoms with Crippen LogP contribution in [0.2, 0.25) is 0 Å². The van der Waals surface area contributed by atoms with Crippen molar-refractivity contribution in [2.75, 3.05) is 0 Å². The molecule has 0 saturated heterocycles. The predicted octanol–water partition coefficient (Wildman–Crippen LogP) is 2.09. The lowest BCUT2D eigenvalue weighted by Gasteiger charge is -2.17. The zero-order chi connectivity index (χ0) is 14.2. The fourth-order valence-electron chi connectivity index (χ4n) is 2.04. The second kappa shape index (κ2) is 4.66. The molecule has 0 amide bonds. The van der Waals surface area contributed by atoms with E-state index >= 15 is 0 Å². The summed E-state index contributed by atoms with van der Waals surface area (Å²) in [5.41, 5.74) is 0.727. The normalized spacial score (nSPS) is 11.8. The summed E-state index contributed by atoms with van der Waals surface area (Å²) in [6.07, 6.45) is 0. The number of H-pyrrole nitrogens is 1. The zero-order valence-electron chi connectivity index (χ0n) is 11.2. The minimum Gasteiger partial charge on any atom is -0.391 e. The van der Waals surface area contributed by atoms with Gasteiger partial charge in [0.15, 0.2) is 0 Å². The van der Waals surface area contributed by atoms with Crippen LogP contribution >= 0.6 is 0 Å². The number of hydrogen-bond acceptors (Lipinski definition) is 2. The monoisotopic (exact) mass is 264 g/mol. The topological polar surface area (TPSA) is 58.0 Å². The van der Waals surface area contributed by atoms with Crippen LogP contribution in [0, 0.1) is 5.82 Å². The van der Waals surface area contributed by atoms with Gasteiger partial charge >= 0.3 is 0 Å². The van der Waals surface area contributed by atoms with Crippen molar-refractivity contribution in [3.63, 3.8) is 0 Å². The average molecular weight is 264 g/mol. The van der Waals surface area contributed by atoms with Gasteiger partial charge in [-0.2, -0.15) is 0 Å². The Labute approximate surface area is 110 Å². The van der Waals surface area contributed by atoms with Crippen molar-refractivity contribution in [3.05, 3.63) is 51.7 Å². The Balaban J connectivity index is 2.67. The van der Waals surface area contributed by atoms with Crippen LogP contribution in [0.1, 0.15) is 32.0 Å². The quantitative estimate of drug-likeness (QED) is 0.872. The van der Waals surface area contributed by atoms with Crippen LogP contribution in [0.25, 0.3) is 5.69 Å². The number of nitrogens with zero attached hydrogens (tertiary/aromatic N) is 1. The van der Waals surface area contributed by atoms with Crippen molar-refractivity contribution in [3.8, 4) is 5.69 Å². The number of aromatic nitrogens is 2. The van der Waals surface area contributed by atoms with Gasteiger partial charge in [-0.3, -0.25) is 9.89 Å². The summed E-state index contributed by atoms with van der Waals surface area (Å²) >= 11 is 0. The van der Waals surface area contributed by atoms with Crippen LogP contribution in [0.3, 0.4) is 0 Å². The SMILES string of the molecule is CC(C)(C)c1[nH]n(-c2cccc(F)c2)c(=O)c1CO. The summed E-state index contributed by atoms with van der Waals surface area (Å²) < 4.78 is 14.5. The molecule has 0 bridgehead atoms. The molecule has 102 valence electrons. The molecular formula is C14H17FN2O2. The summed E-state index contributed by atoms with van der Waals surface area (Å²) in [5.74, 6) is -0.415. The highest BCUT2D eigenvalue weighted by Gasteiger charge is 2.24. The highest BCUT2D eigenvalue weighted by Crippen LogP contribution is 2.23. The second-order valence-electron chi connectivity index (χ2n) is 5.49. The maximum atomic E-state index is 13.2. The Bertz CT molecular complexity index is 650. The summed E-state index contributed by atoms with van der Waals surface area (Å²) in [7, 11) is 0. The van der Waals surface area contributed by atoms with Gasteiger partial charge in [-0.25, -0.2) is 9.07 Å². The number of aromatic amines is 1. The van der Waals surface area contributed by atoms with Crippen LogP contribution < -0.4 is 5.56 Å². The van der Waals surface area contributed by atoms with E-state index in [9.17, 15) is 14.3 Å². The molecule has 4 nitrogen and oxygen atoms in total. The molecule has 0 atom stereocenters. The zero-order valence-corrected chi connectivity index (χ0v) is 11.2. The molecule has 1 heterocycles. The molecule has 19 heavy (non-hydrogen) atoms. The van der Waals surface area contributed by atoms with E-state index in [1.807, 2.05) is 20.8 Å². The summed E-state index contributed by atoms with van der Waals surface area (Å²) in [6, 6.07) is 5.75. The largest absolute Gasteiger partial charge is 0.391 e. The van der Waals surface area contributed by atoms with Gasteiger partial charge in [0.1, 0.15) is 5.82 Å². The average Bonchev–Trinajstić information content (AvgIpc) is 2.66. The first kappa shape index (κ1) is 13.5. The lowest BCUT2D eigenvalue weighted by atomic mass is 9.90. The van der Waals surface area contributed by atoms with Crippen LogP contribution in [0.15, 0.2) is 29.1 Å². The van der Waals surface area contributed by atoms with Crippen LogP contribution in [-0.4, -0.2) is 14.9 Å². The molecule has 0 aliphatic carbocycles. The standard InChI is InChI=1S/C14H17FN2O2/c1-14(2,3)12-11(8-18)13(19)17(16-12)10-6-4-5-9(15)7-10/h4-7,16,18H,8H2,1-3H3. The smallest absolute Gasteiger partial charge is 0.277 e. The Morgan fingerprint density at radius 3 is 2.53 bits per heavy atom. The van der Waals surface area contributed by atoms with Gasteiger partial charge in [-0.1, -0.05) is 26.8 Å². The maximum Gasteiger partial charge on any atom is 0.277 e.